The minimum absolute atomic E-state index is 0.347. The molecule has 0 spiro atoms. The van der Waals surface area contributed by atoms with E-state index in [1.54, 1.807) is 30.6 Å². The average Bonchev–Trinajstić information content (AvgIpc) is 3.21. The van der Waals surface area contributed by atoms with Crippen molar-refractivity contribution in [2.45, 2.75) is 12.5 Å². The molecule has 3 aromatic rings. The fourth-order valence-corrected chi connectivity index (χ4v) is 3.59. The summed E-state index contributed by atoms with van der Waals surface area (Å²) >= 11 is 0. The zero-order valence-corrected chi connectivity index (χ0v) is 15.4. The summed E-state index contributed by atoms with van der Waals surface area (Å²) in [5.41, 5.74) is 2.29. The first kappa shape index (κ1) is 17.5. The lowest BCUT2D eigenvalue weighted by atomic mass is 10.3. The molecule has 1 aromatic carbocycles. The zero-order valence-electron chi connectivity index (χ0n) is 14.5. The molecule has 0 bridgehead atoms. The van der Waals surface area contributed by atoms with Crippen LogP contribution in [0.1, 0.15) is 6.42 Å². The molecule has 1 fully saturated rings. The number of benzene rings is 1. The van der Waals surface area contributed by atoms with E-state index >= 15 is 0 Å². The standard InChI is InChI=1S/C16H19N7O3S/c1-27(25,26)22-11-4-2-3-10(7-11)19-16-20-14-13(17-9-18-14)15(21-16)23-6-5-12(24)8-23/h2-4,7,9,12,22,24H,5-6,8H2,1H3,(H2,17,18,19,20,21). The van der Waals surface area contributed by atoms with Gasteiger partial charge in [-0.3, -0.25) is 4.72 Å². The van der Waals surface area contributed by atoms with E-state index in [0.29, 0.717) is 53.8 Å². The number of anilines is 4. The fraction of sp³-hybridized carbons (Fsp3) is 0.312. The molecule has 4 rings (SSSR count). The van der Waals surface area contributed by atoms with Gasteiger partial charge in [-0.25, -0.2) is 13.4 Å². The minimum Gasteiger partial charge on any atom is -0.391 e. The Morgan fingerprint density at radius 2 is 2.11 bits per heavy atom. The Kier molecular flexibility index (Phi) is 4.32. The van der Waals surface area contributed by atoms with E-state index in [2.05, 4.69) is 30.0 Å². The second-order valence-corrected chi connectivity index (χ2v) is 8.19. The number of rotatable bonds is 5. The molecule has 11 heteroatoms. The zero-order chi connectivity index (χ0) is 19.0. The minimum atomic E-state index is -3.36. The number of nitrogens with zero attached hydrogens (tertiary/aromatic N) is 4. The Balaban J connectivity index is 1.65. The van der Waals surface area contributed by atoms with Crippen LogP contribution in [0.3, 0.4) is 0 Å². The second kappa shape index (κ2) is 6.67. The molecule has 0 amide bonds. The first-order chi connectivity index (χ1) is 12.9. The van der Waals surface area contributed by atoms with Gasteiger partial charge >= 0.3 is 0 Å². The predicted octanol–water partition coefficient (Wildman–Crippen LogP) is 1.04. The predicted molar refractivity (Wildman–Crippen MR) is 103 cm³/mol. The van der Waals surface area contributed by atoms with Crippen LogP contribution in [0.4, 0.5) is 23.1 Å². The summed E-state index contributed by atoms with van der Waals surface area (Å²) in [5.74, 6) is 0.991. The molecular formula is C16H19N7O3S. The molecule has 0 saturated carbocycles. The third kappa shape index (κ3) is 3.93. The van der Waals surface area contributed by atoms with Gasteiger partial charge in [-0.05, 0) is 24.6 Å². The quantitative estimate of drug-likeness (QED) is 0.508. The number of fused-ring (bicyclic) bond motifs is 1. The van der Waals surface area contributed by atoms with Crippen LogP contribution in [0, 0.1) is 0 Å². The lowest BCUT2D eigenvalue weighted by molar-refractivity contribution is 0.198. The van der Waals surface area contributed by atoms with Crippen molar-refractivity contribution in [2.24, 2.45) is 0 Å². The van der Waals surface area contributed by atoms with E-state index in [-0.39, 0.29) is 6.10 Å². The molecule has 0 radical (unpaired) electrons. The Hall–Kier alpha value is -2.92. The summed E-state index contributed by atoms with van der Waals surface area (Å²) in [6.07, 6.45) is 2.94. The van der Waals surface area contributed by atoms with Crippen molar-refractivity contribution < 1.29 is 13.5 Å². The summed E-state index contributed by atoms with van der Waals surface area (Å²) in [5, 5.41) is 12.9. The monoisotopic (exact) mass is 389 g/mol. The highest BCUT2D eigenvalue weighted by molar-refractivity contribution is 7.92. The van der Waals surface area contributed by atoms with Crippen molar-refractivity contribution >= 4 is 44.3 Å². The molecule has 3 heterocycles. The van der Waals surface area contributed by atoms with Gasteiger partial charge in [-0.15, -0.1) is 0 Å². The summed E-state index contributed by atoms with van der Waals surface area (Å²) < 4.78 is 25.3. The Morgan fingerprint density at radius 3 is 2.85 bits per heavy atom. The topological polar surface area (TPSA) is 136 Å². The molecule has 1 aliphatic heterocycles. The number of sulfonamides is 1. The molecule has 1 unspecified atom stereocenters. The molecule has 1 aliphatic rings. The summed E-state index contributed by atoms with van der Waals surface area (Å²) in [7, 11) is -3.36. The Labute approximate surface area is 155 Å². The van der Waals surface area contributed by atoms with E-state index in [4.69, 9.17) is 0 Å². The third-order valence-corrected chi connectivity index (χ3v) is 4.75. The van der Waals surface area contributed by atoms with Gasteiger partial charge in [0, 0.05) is 18.8 Å². The number of nitrogens with one attached hydrogen (secondary N) is 3. The van der Waals surface area contributed by atoms with E-state index in [9.17, 15) is 13.5 Å². The van der Waals surface area contributed by atoms with Crippen LogP contribution < -0.4 is 14.9 Å². The lowest BCUT2D eigenvalue weighted by Crippen LogP contribution is -2.23. The van der Waals surface area contributed by atoms with Gasteiger partial charge in [-0.1, -0.05) is 6.07 Å². The highest BCUT2D eigenvalue weighted by Gasteiger charge is 2.25. The maximum absolute atomic E-state index is 11.4. The highest BCUT2D eigenvalue weighted by atomic mass is 32.2. The third-order valence-electron chi connectivity index (χ3n) is 4.15. The molecule has 27 heavy (non-hydrogen) atoms. The van der Waals surface area contributed by atoms with Crippen LogP contribution >= 0.6 is 0 Å². The molecule has 2 aromatic heterocycles. The van der Waals surface area contributed by atoms with Gasteiger partial charge in [0.05, 0.1) is 24.4 Å². The fourth-order valence-electron chi connectivity index (χ4n) is 3.03. The van der Waals surface area contributed by atoms with E-state index in [1.165, 1.54) is 0 Å². The molecule has 1 atom stereocenters. The lowest BCUT2D eigenvalue weighted by Gasteiger charge is -2.18. The van der Waals surface area contributed by atoms with Crippen molar-refractivity contribution in [3.8, 4) is 0 Å². The van der Waals surface area contributed by atoms with E-state index in [0.717, 1.165) is 6.26 Å². The van der Waals surface area contributed by atoms with Crippen molar-refractivity contribution in [3.05, 3.63) is 30.6 Å². The number of H-pyrrole nitrogens is 1. The highest BCUT2D eigenvalue weighted by Crippen LogP contribution is 2.27. The number of β-amino-alcohol motifs (C(OH)–C–C–N with tert-alkyl or cyclic N) is 1. The van der Waals surface area contributed by atoms with Crippen LogP contribution in [-0.2, 0) is 10.0 Å². The average molecular weight is 389 g/mol. The van der Waals surface area contributed by atoms with Gasteiger partial charge in [0.15, 0.2) is 17.0 Å². The summed E-state index contributed by atoms with van der Waals surface area (Å²) in [6.45, 7) is 1.18. The Bertz CT molecular complexity index is 1080. The maximum Gasteiger partial charge on any atom is 0.231 e. The van der Waals surface area contributed by atoms with E-state index in [1.807, 2.05) is 4.90 Å². The van der Waals surface area contributed by atoms with Crippen LogP contribution in [0.25, 0.3) is 11.2 Å². The molecule has 10 nitrogen and oxygen atoms in total. The largest absolute Gasteiger partial charge is 0.391 e. The van der Waals surface area contributed by atoms with Gasteiger partial charge < -0.3 is 20.3 Å². The van der Waals surface area contributed by atoms with Crippen molar-refractivity contribution in [1.82, 2.24) is 19.9 Å². The number of aliphatic hydroxyl groups is 1. The van der Waals surface area contributed by atoms with Crippen molar-refractivity contribution in [3.63, 3.8) is 0 Å². The first-order valence-corrected chi connectivity index (χ1v) is 10.3. The SMILES string of the molecule is CS(=O)(=O)Nc1cccc(Nc2nc(N3CCC(O)C3)c3nc[nH]c3n2)c1. The van der Waals surface area contributed by atoms with Gasteiger partial charge in [0.25, 0.3) is 0 Å². The second-order valence-electron chi connectivity index (χ2n) is 6.44. The Morgan fingerprint density at radius 1 is 1.30 bits per heavy atom. The number of aliphatic hydroxyl groups excluding tert-OH is 1. The number of hydrogen-bond acceptors (Lipinski definition) is 8. The number of imidazole rings is 1. The maximum atomic E-state index is 11.4. The normalized spacial score (nSPS) is 17.4. The van der Waals surface area contributed by atoms with Gasteiger partial charge in [0.1, 0.15) is 0 Å². The molecule has 142 valence electrons. The number of aromatic nitrogens is 4. The van der Waals surface area contributed by atoms with E-state index < -0.39 is 10.0 Å². The smallest absolute Gasteiger partial charge is 0.231 e. The van der Waals surface area contributed by atoms with Crippen LogP contribution in [-0.4, -0.2) is 58.9 Å². The molecule has 0 aliphatic carbocycles. The first-order valence-electron chi connectivity index (χ1n) is 8.36. The van der Waals surface area contributed by atoms with Crippen LogP contribution in [0.2, 0.25) is 0 Å². The molecule has 4 N–H and O–H groups in total. The van der Waals surface area contributed by atoms with Crippen molar-refractivity contribution in [2.75, 3.05) is 34.3 Å². The van der Waals surface area contributed by atoms with Gasteiger partial charge in [-0.2, -0.15) is 9.97 Å². The summed E-state index contributed by atoms with van der Waals surface area (Å²) in [6, 6.07) is 6.82. The van der Waals surface area contributed by atoms with Crippen molar-refractivity contribution in [1.29, 1.82) is 0 Å². The number of aromatic amines is 1. The van der Waals surface area contributed by atoms with Gasteiger partial charge in [0.2, 0.25) is 16.0 Å². The molecular weight excluding hydrogens is 370 g/mol. The number of hydrogen-bond donors (Lipinski definition) is 4. The molecule has 1 saturated heterocycles. The summed E-state index contributed by atoms with van der Waals surface area (Å²) in [4.78, 5) is 18.2. The van der Waals surface area contributed by atoms with Crippen LogP contribution in [0.15, 0.2) is 30.6 Å². The van der Waals surface area contributed by atoms with Crippen LogP contribution in [0.5, 0.6) is 0 Å².